The summed E-state index contributed by atoms with van der Waals surface area (Å²) in [5.41, 5.74) is 5.75. The Hall–Kier alpha value is -1.42. The lowest BCUT2D eigenvalue weighted by Gasteiger charge is -2.31. The molecule has 1 aromatic heterocycles. The molecule has 2 amide bonds. The van der Waals surface area contributed by atoms with Crippen LogP contribution in [0.2, 0.25) is 0 Å². The number of nitrogens with two attached hydrogens (primary N) is 1. The minimum atomic E-state index is -0.614. The van der Waals surface area contributed by atoms with Crippen LogP contribution in [0, 0.1) is 12.8 Å². The number of carbonyl (C=O) groups is 2. The largest absolute Gasteiger partial charge is 0.366 e. The van der Waals surface area contributed by atoms with Gasteiger partial charge in [-0.2, -0.15) is 5.10 Å². The van der Waals surface area contributed by atoms with E-state index in [1.165, 1.54) is 0 Å². The molecule has 0 bridgehead atoms. The first kappa shape index (κ1) is 23.6. The average Bonchev–Trinajstić information content (AvgIpc) is 2.98. The summed E-state index contributed by atoms with van der Waals surface area (Å²) in [6, 6.07) is -0.614. The van der Waals surface area contributed by atoms with Crippen molar-refractivity contribution < 1.29 is 14.3 Å². The molecule has 1 saturated heterocycles. The fraction of sp³-hybridized carbons (Fsp3) is 0.714. The van der Waals surface area contributed by atoms with Crippen molar-refractivity contribution in [1.82, 2.24) is 25.4 Å². The first-order valence-corrected chi connectivity index (χ1v) is 7.70. The summed E-state index contributed by atoms with van der Waals surface area (Å²) in [6.07, 6.45) is -0.355. The van der Waals surface area contributed by atoms with E-state index in [2.05, 4.69) is 20.5 Å². The number of rotatable bonds is 5. The van der Waals surface area contributed by atoms with E-state index in [1.807, 2.05) is 13.8 Å². The predicted octanol–water partition coefficient (Wildman–Crippen LogP) is -0.0439. The summed E-state index contributed by atoms with van der Waals surface area (Å²) in [4.78, 5) is 29.9. The average molecular weight is 397 g/mol. The molecule has 0 saturated carbocycles. The van der Waals surface area contributed by atoms with Gasteiger partial charge in [0.05, 0.1) is 25.7 Å². The normalized spacial score (nSPS) is 18.1. The van der Waals surface area contributed by atoms with Gasteiger partial charge in [-0.25, -0.2) is 4.98 Å². The summed E-state index contributed by atoms with van der Waals surface area (Å²) >= 11 is 0. The van der Waals surface area contributed by atoms with Gasteiger partial charge in [-0.3, -0.25) is 14.7 Å². The standard InChI is InChI=1S/C14H24N6O3.2ClH/c1-8(2)12(15)14(22)16-6-11(21)20-4-5-23-10(7-20)13-17-9(3)18-19-13;;/h8,10,12H,4-7,15H2,1-3H3,(H,16,22)(H,17,18,19);2*1H/t10?,12-;;/m0../s1. The van der Waals surface area contributed by atoms with Gasteiger partial charge >= 0.3 is 0 Å². The molecule has 25 heavy (non-hydrogen) atoms. The van der Waals surface area contributed by atoms with Gasteiger partial charge in [-0.15, -0.1) is 24.8 Å². The number of nitrogens with zero attached hydrogens (tertiary/aromatic N) is 3. The molecule has 1 fully saturated rings. The highest BCUT2D eigenvalue weighted by Crippen LogP contribution is 2.18. The van der Waals surface area contributed by atoms with Crippen LogP contribution in [0.25, 0.3) is 0 Å². The molecule has 2 heterocycles. The Balaban J connectivity index is 0.00000288. The third-order valence-corrected chi connectivity index (χ3v) is 3.76. The summed E-state index contributed by atoms with van der Waals surface area (Å²) < 4.78 is 5.61. The zero-order valence-electron chi connectivity index (χ0n) is 14.5. The van der Waals surface area contributed by atoms with Crippen LogP contribution in [0.5, 0.6) is 0 Å². The highest BCUT2D eigenvalue weighted by Gasteiger charge is 2.28. The molecule has 0 radical (unpaired) electrons. The van der Waals surface area contributed by atoms with Gasteiger partial charge in [-0.1, -0.05) is 13.8 Å². The maximum absolute atomic E-state index is 12.2. The van der Waals surface area contributed by atoms with Gasteiger partial charge < -0.3 is 20.7 Å². The second kappa shape index (κ2) is 10.5. The minimum absolute atomic E-state index is 0. The van der Waals surface area contributed by atoms with Crippen molar-refractivity contribution >= 4 is 36.6 Å². The molecular formula is C14H26Cl2N6O3. The maximum atomic E-state index is 12.2. The highest BCUT2D eigenvalue weighted by molar-refractivity contribution is 5.87. The topological polar surface area (TPSA) is 126 Å². The van der Waals surface area contributed by atoms with Crippen LogP contribution in [-0.2, 0) is 14.3 Å². The fourth-order valence-corrected chi connectivity index (χ4v) is 2.23. The molecule has 0 aliphatic carbocycles. The van der Waals surface area contributed by atoms with Crippen molar-refractivity contribution in [3.63, 3.8) is 0 Å². The van der Waals surface area contributed by atoms with Crippen LogP contribution in [0.3, 0.4) is 0 Å². The van der Waals surface area contributed by atoms with E-state index in [9.17, 15) is 9.59 Å². The second-order valence-electron chi connectivity index (χ2n) is 5.97. The summed E-state index contributed by atoms with van der Waals surface area (Å²) in [5, 5.41) is 9.41. The zero-order valence-corrected chi connectivity index (χ0v) is 16.2. The molecule has 4 N–H and O–H groups in total. The Morgan fingerprint density at radius 3 is 2.68 bits per heavy atom. The number of nitrogens with one attached hydrogen (secondary N) is 2. The number of ether oxygens (including phenoxy) is 1. The van der Waals surface area contributed by atoms with Crippen molar-refractivity contribution in [2.75, 3.05) is 26.2 Å². The van der Waals surface area contributed by atoms with E-state index in [-0.39, 0.29) is 55.2 Å². The maximum Gasteiger partial charge on any atom is 0.242 e. The van der Waals surface area contributed by atoms with E-state index in [0.29, 0.717) is 31.3 Å². The number of H-pyrrole nitrogens is 1. The lowest BCUT2D eigenvalue weighted by molar-refractivity contribution is -0.140. The molecule has 1 aliphatic rings. The number of aryl methyl sites for hydroxylation is 1. The quantitative estimate of drug-likeness (QED) is 0.640. The van der Waals surface area contributed by atoms with Gasteiger partial charge in [0, 0.05) is 6.54 Å². The Bertz CT molecular complexity index is 569. The van der Waals surface area contributed by atoms with Crippen LogP contribution in [0.15, 0.2) is 0 Å². The van der Waals surface area contributed by atoms with Gasteiger partial charge in [-0.05, 0) is 12.8 Å². The molecule has 2 atom stereocenters. The predicted molar refractivity (Wildman–Crippen MR) is 96.7 cm³/mol. The molecule has 9 nitrogen and oxygen atoms in total. The molecule has 144 valence electrons. The summed E-state index contributed by atoms with van der Waals surface area (Å²) in [5.74, 6) is 0.761. The van der Waals surface area contributed by atoms with Crippen molar-refractivity contribution in [1.29, 1.82) is 0 Å². The van der Waals surface area contributed by atoms with Gasteiger partial charge in [0.15, 0.2) is 5.82 Å². The summed E-state index contributed by atoms with van der Waals surface area (Å²) in [6.45, 7) is 6.69. The Kier molecular flexibility index (Phi) is 9.95. The lowest BCUT2D eigenvalue weighted by Crippen LogP contribution is -2.50. The van der Waals surface area contributed by atoms with E-state index < -0.39 is 6.04 Å². The smallest absolute Gasteiger partial charge is 0.242 e. The van der Waals surface area contributed by atoms with Crippen LogP contribution >= 0.6 is 24.8 Å². The monoisotopic (exact) mass is 396 g/mol. The van der Waals surface area contributed by atoms with Crippen molar-refractivity contribution in [3.05, 3.63) is 11.6 Å². The Morgan fingerprint density at radius 1 is 1.44 bits per heavy atom. The number of hydrogen-bond donors (Lipinski definition) is 3. The number of hydrogen-bond acceptors (Lipinski definition) is 6. The lowest BCUT2D eigenvalue weighted by atomic mass is 10.1. The first-order chi connectivity index (χ1) is 10.9. The van der Waals surface area contributed by atoms with Gasteiger partial charge in [0.1, 0.15) is 11.9 Å². The van der Waals surface area contributed by atoms with Crippen LogP contribution < -0.4 is 11.1 Å². The van der Waals surface area contributed by atoms with Crippen LogP contribution in [-0.4, -0.2) is 64.2 Å². The van der Waals surface area contributed by atoms with Crippen molar-refractivity contribution in [3.8, 4) is 0 Å². The Morgan fingerprint density at radius 2 is 2.12 bits per heavy atom. The molecule has 2 rings (SSSR count). The van der Waals surface area contributed by atoms with E-state index in [4.69, 9.17) is 10.5 Å². The van der Waals surface area contributed by atoms with Gasteiger partial charge in [0.25, 0.3) is 0 Å². The molecule has 1 unspecified atom stereocenters. The molecule has 1 aromatic rings. The van der Waals surface area contributed by atoms with Crippen molar-refractivity contribution in [2.24, 2.45) is 11.7 Å². The van der Waals surface area contributed by atoms with E-state index in [0.717, 1.165) is 0 Å². The number of aromatic nitrogens is 3. The zero-order chi connectivity index (χ0) is 17.0. The van der Waals surface area contributed by atoms with Crippen LogP contribution in [0.1, 0.15) is 31.6 Å². The molecule has 0 spiro atoms. The van der Waals surface area contributed by atoms with E-state index >= 15 is 0 Å². The number of halogens is 2. The number of aromatic amines is 1. The molecule has 0 aromatic carbocycles. The molecule has 11 heteroatoms. The van der Waals surface area contributed by atoms with E-state index in [1.54, 1.807) is 11.8 Å². The number of morpholine rings is 1. The fourth-order valence-electron chi connectivity index (χ4n) is 2.23. The Labute approximate surface area is 159 Å². The number of amides is 2. The third kappa shape index (κ3) is 6.43. The second-order valence-corrected chi connectivity index (χ2v) is 5.97. The third-order valence-electron chi connectivity index (χ3n) is 3.76. The minimum Gasteiger partial charge on any atom is -0.366 e. The van der Waals surface area contributed by atoms with Gasteiger partial charge in [0.2, 0.25) is 11.8 Å². The number of carbonyl (C=O) groups excluding carboxylic acids is 2. The SMILES string of the molecule is Cc1nc(C2CN(C(=O)CNC(=O)[C@@H](N)C(C)C)CCO2)n[nH]1.Cl.Cl. The van der Waals surface area contributed by atoms with Crippen molar-refractivity contribution in [2.45, 2.75) is 32.9 Å². The first-order valence-electron chi connectivity index (χ1n) is 7.70. The summed E-state index contributed by atoms with van der Waals surface area (Å²) in [7, 11) is 0. The van der Waals surface area contributed by atoms with Crippen LogP contribution in [0.4, 0.5) is 0 Å². The highest BCUT2D eigenvalue weighted by atomic mass is 35.5. The molecular weight excluding hydrogens is 371 g/mol. The molecule has 1 aliphatic heterocycles.